The molecule has 16 heavy (non-hydrogen) atoms. The summed E-state index contributed by atoms with van der Waals surface area (Å²) in [5.41, 5.74) is 0. The van der Waals surface area contributed by atoms with E-state index in [-0.39, 0.29) is 0 Å². The molecule has 0 bridgehead atoms. The molecule has 1 aromatic rings. The highest BCUT2D eigenvalue weighted by atomic mass is 15.1. The Hall–Kier alpha value is -1.32. The molecule has 88 valence electrons. The molecule has 4 heteroatoms. The summed E-state index contributed by atoms with van der Waals surface area (Å²) in [4.78, 5) is 8.64. The Morgan fingerprint density at radius 3 is 2.69 bits per heavy atom. The Kier molecular flexibility index (Phi) is 3.27. The lowest BCUT2D eigenvalue weighted by Gasteiger charge is -2.12. The second kappa shape index (κ2) is 4.68. The van der Waals surface area contributed by atoms with Crippen LogP contribution in [0.2, 0.25) is 0 Å². The minimum atomic E-state index is 0.744. The van der Waals surface area contributed by atoms with E-state index >= 15 is 0 Å². The first-order valence-corrected chi connectivity index (χ1v) is 5.96. The molecule has 1 aliphatic rings. The van der Waals surface area contributed by atoms with Crippen LogP contribution in [0.15, 0.2) is 6.07 Å². The zero-order valence-electron chi connectivity index (χ0n) is 10.2. The number of anilines is 2. The van der Waals surface area contributed by atoms with Crippen LogP contribution in [0.4, 0.5) is 11.6 Å². The average molecular weight is 220 g/mol. The van der Waals surface area contributed by atoms with Crippen molar-refractivity contribution in [1.29, 1.82) is 0 Å². The molecule has 1 aromatic heterocycles. The van der Waals surface area contributed by atoms with Crippen LogP contribution >= 0.6 is 0 Å². The van der Waals surface area contributed by atoms with E-state index in [0.717, 1.165) is 35.8 Å². The zero-order valence-corrected chi connectivity index (χ0v) is 10.2. The first-order chi connectivity index (χ1) is 7.69. The highest BCUT2D eigenvalue weighted by Crippen LogP contribution is 2.36. The number of aromatic nitrogens is 2. The molecule has 1 unspecified atom stereocenters. The van der Waals surface area contributed by atoms with E-state index in [1.165, 1.54) is 12.8 Å². The van der Waals surface area contributed by atoms with Gasteiger partial charge >= 0.3 is 0 Å². The van der Waals surface area contributed by atoms with Crippen molar-refractivity contribution < 1.29 is 0 Å². The fourth-order valence-electron chi connectivity index (χ4n) is 1.88. The Morgan fingerprint density at radius 1 is 1.38 bits per heavy atom. The fourth-order valence-corrected chi connectivity index (χ4v) is 1.88. The summed E-state index contributed by atoms with van der Waals surface area (Å²) < 4.78 is 0. The lowest BCUT2D eigenvalue weighted by molar-refractivity contribution is 0.536. The summed E-state index contributed by atoms with van der Waals surface area (Å²) in [7, 11) is 1.87. The van der Waals surface area contributed by atoms with Crippen molar-refractivity contribution in [2.75, 3.05) is 24.2 Å². The SMILES string of the molecule is CNc1cc(NCC(C)C2CC2)nc(C)n1. The van der Waals surface area contributed by atoms with Gasteiger partial charge in [0.25, 0.3) is 0 Å². The summed E-state index contributed by atoms with van der Waals surface area (Å²) in [5, 5.41) is 6.43. The van der Waals surface area contributed by atoms with Crippen LogP contribution in [0.1, 0.15) is 25.6 Å². The summed E-state index contributed by atoms with van der Waals surface area (Å²) in [5.74, 6) is 4.26. The summed E-state index contributed by atoms with van der Waals surface area (Å²) >= 11 is 0. The van der Waals surface area contributed by atoms with E-state index in [1.807, 2.05) is 20.0 Å². The van der Waals surface area contributed by atoms with Gasteiger partial charge in [-0.3, -0.25) is 0 Å². The number of hydrogen-bond donors (Lipinski definition) is 2. The van der Waals surface area contributed by atoms with Crippen LogP contribution in [-0.2, 0) is 0 Å². The van der Waals surface area contributed by atoms with Crippen molar-refractivity contribution in [3.05, 3.63) is 11.9 Å². The smallest absolute Gasteiger partial charge is 0.131 e. The molecule has 0 aromatic carbocycles. The first kappa shape index (κ1) is 11.2. The Labute approximate surface area is 96.9 Å². The van der Waals surface area contributed by atoms with Gasteiger partial charge in [0.15, 0.2) is 0 Å². The van der Waals surface area contributed by atoms with Gasteiger partial charge in [-0.25, -0.2) is 9.97 Å². The third-order valence-electron chi connectivity index (χ3n) is 3.13. The largest absolute Gasteiger partial charge is 0.373 e. The van der Waals surface area contributed by atoms with E-state index in [2.05, 4.69) is 27.5 Å². The van der Waals surface area contributed by atoms with Gasteiger partial charge in [0.05, 0.1) is 0 Å². The Morgan fingerprint density at radius 2 is 2.06 bits per heavy atom. The van der Waals surface area contributed by atoms with Gasteiger partial charge in [-0.15, -0.1) is 0 Å². The van der Waals surface area contributed by atoms with Crippen LogP contribution < -0.4 is 10.6 Å². The predicted octanol–water partition coefficient (Wildman–Crippen LogP) is 2.28. The van der Waals surface area contributed by atoms with Crippen molar-refractivity contribution in [2.45, 2.75) is 26.7 Å². The number of rotatable bonds is 5. The van der Waals surface area contributed by atoms with Crippen molar-refractivity contribution in [2.24, 2.45) is 11.8 Å². The molecule has 2 N–H and O–H groups in total. The summed E-state index contributed by atoms with van der Waals surface area (Å²) in [6.45, 7) is 5.22. The lowest BCUT2D eigenvalue weighted by atomic mass is 10.1. The molecule has 0 radical (unpaired) electrons. The molecule has 0 amide bonds. The van der Waals surface area contributed by atoms with Crippen LogP contribution in [0, 0.1) is 18.8 Å². The maximum Gasteiger partial charge on any atom is 0.131 e. The van der Waals surface area contributed by atoms with Gasteiger partial charge in [-0.2, -0.15) is 0 Å². The predicted molar refractivity (Wildman–Crippen MR) is 66.7 cm³/mol. The maximum atomic E-state index is 4.37. The van der Waals surface area contributed by atoms with Crippen molar-refractivity contribution >= 4 is 11.6 Å². The van der Waals surface area contributed by atoms with E-state index in [1.54, 1.807) is 0 Å². The molecule has 1 aliphatic carbocycles. The molecule has 0 aliphatic heterocycles. The summed E-state index contributed by atoms with van der Waals surface area (Å²) in [6, 6.07) is 1.95. The molecule has 4 nitrogen and oxygen atoms in total. The molecule has 1 atom stereocenters. The number of aryl methyl sites for hydroxylation is 1. The number of hydrogen-bond acceptors (Lipinski definition) is 4. The first-order valence-electron chi connectivity index (χ1n) is 5.96. The average Bonchev–Trinajstić information content (AvgIpc) is 3.08. The lowest BCUT2D eigenvalue weighted by Crippen LogP contribution is -2.14. The maximum absolute atomic E-state index is 4.37. The molecule has 1 fully saturated rings. The minimum Gasteiger partial charge on any atom is -0.373 e. The molecular formula is C12H20N4. The third kappa shape index (κ3) is 2.84. The van der Waals surface area contributed by atoms with Crippen molar-refractivity contribution in [1.82, 2.24) is 9.97 Å². The monoisotopic (exact) mass is 220 g/mol. The van der Waals surface area contributed by atoms with Crippen LogP contribution in [0.3, 0.4) is 0 Å². The van der Waals surface area contributed by atoms with Crippen LogP contribution in [0.25, 0.3) is 0 Å². The number of nitrogens with one attached hydrogen (secondary N) is 2. The van der Waals surface area contributed by atoms with E-state index in [4.69, 9.17) is 0 Å². The molecular weight excluding hydrogens is 200 g/mol. The fraction of sp³-hybridized carbons (Fsp3) is 0.667. The van der Waals surface area contributed by atoms with Crippen LogP contribution in [0.5, 0.6) is 0 Å². The van der Waals surface area contributed by atoms with E-state index in [0.29, 0.717) is 0 Å². The Bertz CT molecular complexity index is 360. The van der Waals surface area contributed by atoms with Gasteiger partial charge in [0.1, 0.15) is 17.5 Å². The summed E-state index contributed by atoms with van der Waals surface area (Å²) in [6.07, 6.45) is 2.79. The van der Waals surface area contributed by atoms with Gasteiger partial charge < -0.3 is 10.6 Å². The van der Waals surface area contributed by atoms with Gasteiger partial charge in [0.2, 0.25) is 0 Å². The molecule has 0 spiro atoms. The van der Waals surface area contributed by atoms with Gasteiger partial charge in [-0.1, -0.05) is 6.92 Å². The van der Waals surface area contributed by atoms with Gasteiger partial charge in [0, 0.05) is 19.7 Å². The zero-order chi connectivity index (χ0) is 11.5. The van der Waals surface area contributed by atoms with Crippen LogP contribution in [-0.4, -0.2) is 23.6 Å². The Balaban J connectivity index is 1.94. The standard InChI is InChI=1S/C12H20N4/c1-8(10-4-5-10)7-14-12-6-11(13-3)15-9(2)16-12/h6,8,10H,4-5,7H2,1-3H3,(H2,13,14,15,16). The van der Waals surface area contributed by atoms with E-state index < -0.39 is 0 Å². The molecule has 1 heterocycles. The third-order valence-corrected chi connectivity index (χ3v) is 3.13. The molecule has 2 rings (SSSR count). The number of nitrogens with zero attached hydrogens (tertiary/aromatic N) is 2. The second-order valence-corrected chi connectivity index (χ2v) is 4.63. The minimum absolute atomic E-state index is 0.744. The topological polar surface area (TPSA) is 49.8 Å². The van der Waals surface area contributed by atoms with Gasteiger partial charge in [-0.05, 0) is 31.6 Å². The molecule has 1 saturated carbocycles. The molecule has 0 saturated heterocycles. The van der Waals surface area contributed by atoms with Crippen molar-refractivity contribution in [3.63, 3.8) is 0 Å². The van der Waals surface area contributed by atoms with Crippen molar-refractivity contribution in [3.8, 4) is 0 Å². The normalized spacial score (nSPS) is 16.9. The highest BCUT2D eigenvalue weighted by Gasteiger charge is 2.27. The quantitative estimate of drug-likeness (QED) is 0.799. The van der Waals surface area contributed by atoms with E-state index in [9.17, 15) is 0 Å². The second-order valence-electron chi connectivity index (χ2n) is 4.63. The highest BCUT2D eigenvalue weighted by molar-refractivity contribution is 5.47.